The van der Waals surface area contributed by atoms with Crippen LogP contribution < -0.4 is 5.73 Å². The van der Waals surface area contributed by atoms with Gasteiger partial charge in [-0.25, -0.2) is 0 Å². The third kappa shape index (κ3) is 4.89. The van der Waals surface area contributed by atoms with Crippen LogP contribution in [0.25, 0.3) is 0 Å². The molecule has 114 valence electrons. The summed E-state index contributed by atoms with van der Waals surface area (Å²) in [6.45, 7) is 9.91. The second-order valence-electron chi connectivity index (χ2n) is 5.76. The lowest BCUT2D eigenvalue weighted by molar-refractivity contribution is 0.0248. The van der Waals surface area contributed by atoms with Crippen LogP contribution in [-0.2, 0) is 5.60 Å². The van der Waals surface area contributed by atoms with Crippen molar-refractivity contribution in [3.63, 3.8) is 0 Å². The highest BCUT2D eigenvalue weighted by atomic mass is 16.3. The van der Waals surface area contributed by atoms with Crippen LogP contribution in [0, 0.1) is 5.92 Å². The van der Waals surface area contributed by atoms with Crippen LogP contribution in [0.4, 0.5) is 0 Å². The minimum atomic E-state index is -0.913. The summed E-state index contributed by atoms with van der Waals surface area (Å²) in [5.74, 6) is 0.692. The first-order valence-corrected chi connectivity index (χ1v) is 7.76. The molecule has 3 N–H and O–H groups in total. The van der Waals surface area contributed by atoms with Gasteiger partial charge in [0, 0.05) is 19.6 Å². The molecule has 0 aromatic heterocycles. The zero-order chi connectivity index (χ0) is 15.0. The predicted molar refractivity (Wildman–Crippen MR) is 85.6 cm³/mol. The van der Waals surface area contributed by atoms with Crippen LogP contribution >= 0.6 is 0 Å². The summed E-state index contributed by atoms with van der Waals surface area (Å²) >= 11 is 0. The van der Waals surface area contributed by atoms with E-state index < -0.39 is 5.60 Å². The van der Waals surface area contributed by atoms with Gasteiger partial charge in [0.15, 0.2) is 0 Å². The van der Waals surface area contributed by atoms with Crippen molar-refractivity contribution in [3.05, 3.63) is 35.9 Å². The van der Waals surface area contributed by atoms with Gasteiger partial charge in [0.05, 0.1) is 0 Å². The van der Waals surface area contributed by atoms with E-state index in [9.17, 15) is 5.11 Å². The van der Waals surface area contributed by atoms with E-state index in [-0.39, 0.29) is 6.54 Å². The van der Waals surface area contributed by atoms with Crippen LogP contribution in [-0.4, -0.2) is 36.2 Å². The molecule has 0 spiro atoms. The second kappa shape index (κ2) is 8.40. The number of hydrogen-bond donors (Lipinski definition) is 2. The molecule has 0 amide bonds. The standard InChI is InChI=1S/C17H30N2O/c1-4-15(3)13-19(5-2)12-11-17(20,14-18)16-9-7-6-8-10-16/h6-10,15,20H,4-5,11-14,18H2,1-3H3. The van der Waals surface area contributed by atoms with Gasteiger partial charge in [-0.3, -0.25) is 0 Å². The van der Waals surface area contributed by atoms with E-state index >= 15 is 0 Å². The molecule has 2 unspecified atom stereocenters. The van der Waals surface area contributed by atoms with Crippen molar-refractivity contribution < 1.29 is 5.11 Å². The molecule has 0 saturated heterocycles. The summed E-state index contributed by atoms with van der Waals surface area (Å²) in [4.78, 5) is 2.40. The van der Waals surface area contributed by atoms with Gasteiger partial charge in [-0.1, -0.05) is 57.5 Å². The van der Waals surface area contributed by atoms with Gasteiger partial charge in [-0.05, 0) is 24.4 Å². The SMILES string of the molecule is CCC(C)CN(CC)CCC(O)(CN)c1ccccc1. The number of hydrogen-bond acceptors (Lipinski definition) is 3. The molecule has 3 nitrogen and oxygen atoms in total. The maximum absolute atomic E-state index is 10.8. The molecule has 0 aliphatic rings. The number of nitrogens with zero attached hydrogens (tertiary/aromatic N) is 1. The Balaban J connectivity index is 2.64. The van der Waals surface area contributed by atoms with Gasteiger partial charge >= 0.3 is 0 Å². The molecular weight excluding hydrogens is 248 g/mol. The highest BCUT2D eigenvalue weighted by Gasteiger charge is 2.27. The molecule has 0 aliphatic carbocycles. The topological polar surface area (TPSA) is 49.5 Å². The summed E-state index contributed by atoms with van der Waals surface area (Å²) < 4.78 is 0. The molecule has 0 heterocycles. The predicted octanol–water partition coefficient (Wildman–Crippen LogP) is 2.59. The quantitative estimate of drug-likeness (QED) is 0.730. The lowest BCUT2D eigenvalue weighted by Gasteiger charge is -2.31. The Kier molecular flexibility index (Phi) is 7.20. The van der Waals surface area contributed by atoms with E-state index in [4.69, 9.17) is 5.73 Å². The average molecular weight is 278 g/mol. The summed E-state index contributed by atoms with van der Waals surface area (Å²) in [5, 5.41) is 10.8. The van der Waals surface area contributed by atoms with Crippen LogP contribution in [0.3, 0.4) is 0 Å². The summed E-state index contributed by atoms with van der Waals surface area (Å²) in [7, 11) is 0. The van der Waals surface area contributed by atoms with Crippen molar-refractivity contribution in [1.82, 2.24) is 4.90 Å². The van der Waals surface area contributed by atoms with Crippen molar-refractivity contribution in [2.24, 2.45) is 11.7 Å². The lowest BCUT2D eigenvalue weighted by atomic mass is 9.90. The minimum Gasteiger partial charge on any atom is -0.384 e. The fraction of sp³-hybridized carbons (Fsp3) is 0.647. The molecular formula is C17H30N2O. The molecule has 1 aromatic carbocycles. The fourth-order valence-electron chi connectivity index (χ4n) is 2.40. The Hall–Kier alpha value is -0.900. The Labute approximate surface area is 123 Å². The maximum Gasteiger partial charge on any atom is 0.103 e. The number of benzene rings is 1. The highest BCUT2D eigenvalue weighted by Crippen LogP contribution is 2.24. The number of rotatable bonds is 9. The monoisotopic (exact) mass is 278 g/mol. The maximum atomic E-state index is 10.8. The molecule has 20 heavy (non-hydrogen) atoms. The Morgan fingerprint density at radius 1 is 1.25 bits per heavy atom. The molecule has 2 atom stereocenters. The molecule has 0 aliphatic heterocycles. The van der Waals surface area contributed by atoms with Gasteiger partial charge < -0.3 is 15.7 Å². The molecule has 3 heteroatoms. The smallest absolute Gasteiger partial charge is 0.103 e. The fourth-order valence-corrected chi connectivity index (χ4v) is 2.40. The van der Waals surface area contributed by atoms with E-state index in [2.05, 4.69) is 25.7 Å². The van der Waals surface area contributed by atoms with Crippen molar-refractivity contribution in [1.29, 1.82) is 0 Å². The first kappa shape index (κ1) is 17.2. The zero-order valence-electron chi connectivity index (χ0n) is 13.2. The summed E-state index contributed by atoms with van der Waals surface area (Å²) in [6, 6.07) is 9.77. The van der Waals surface area contributed by atoms with Crippen molar-refractivity contribution >= 4 is 0 Å². The lowest BCUT2D eigenvalue weighted by Crippen LogP contribution is -2.40. The Bertz CT molecular complexity index is 369. The van der Waals surface area contributed by atoms with Gasteiger partial charge in [-0.2, -0.15) is 0 Å². The van der Waals surface area contributed by atoms with E-state index in [1.807, 2.05) is 30.3 Å². The molecule has 0 bridgehead atoms. The number of aliphatic hydroxyl groups is 1. The van der Waals surface area contributed by atoms with Gasteiger partial charge in [-0.15, -0.1) is 0 Å². The molecule has 0 radical (unpaired) electrons. The molecule has 0 fully saturated rings. The van der Waals surface area contributed by atoms with Crippen LogP contribution in [0.1, 0.15) is 39.2 Å². The van der Waals surface area contributed by atoms with E-state index in [1.54, 1.807) is 0 Å². The Morgan fingerprint density at radius 2 is 1.90 bits per heavy atom. The summed E-state index contributed by atoms with van der Waals surface area (Å²) in [6.07, 6.45) is 1.87. The van der Waals surface area contributed by atoms with Crippen molar-refractivity contribution in [2.75, 3.05) is 26.2 Å². The normalized spacial score (nSPS) is 16.1. The molecule has 1 aromatic rings. The van der Waals surface area contributed by atoms with E-state index in [0.29, 0.717) is 12.3 Å². The van der Waals surface area contributed by atoms with E-state index in [0.717, 1.165) is 25.2 Å². The third-order valence-electron chi connectivity index (χ3n) is 4.20. The van der Waals surface area contributed by atoms with Crippen LogP contribution in [0.15, 0.2) is 30.3 Å². The van der Waals surface area contributed by atoms with Crippen molar-refractivity contribution in [2.45, 2.75) is 39.2 Å². The van der Waals surface area contributed by atoms with Gasteiger partial charge in [0.25, 0.3) is 0 Å². The summed E-state index contributed by atoms with van der Waals surface area (Å²) in [5.41, 5.74) is 5.83. The highest BCUT2D eigenvalue weighted by molar-refractivity contribution is 5.22. The average Bonchev–Trinajstić information content (AvgIpc) is 2.51. The molecule has 0 saturated carbocycles. The first-order chi connectivity index (χ1) is 9.55. The van der Waals surface area contributed by atoms with Crippen molar-refractivity contribution in [3.8, 4) is 0 Å². The third-order valence-corrected chi connectivity index (χ3v) is 4.20. The van der Waals surface area contributed by atoms with Crippen LogP contribution in [0.2, 0.25) is 0 Å². The van der Waals surface area contributed by atoms with Gasteiger partial charge in [0.2, 0.25) is 0 Å². The Morgan fingerprint density at radius 3 is 2.40 bits per heavy atom. The largest absolute Gasteiger partial charge is 0.384 e. The number of nitrogens with two attached hydrogens (primary N) is 1. The van der Waals surface area contributed by atoms with Gasteiger partial charge in [0.1, 0.15) is 5.60 Å². The zero-order valence-corrected chi connectivity index (χ0v) is 13.2. The molecule has 1 rings (SSSR count). The second-order valence-corrected chi connectivity index (χ2v) is 5.76. The van der Waals surface area contributed by atoms with Crippen LogP contribution in [0.5, 0.6) is 0 Å². The van der Waals surface area contributed by atoms with E-state index in [1.165, 1.54) is 6.42 Å². The minimum absolute atomic E-state index is 0.262. The first-order valence-electron chi connectivity index (χ1n) is 7.76.